The number of halogens is 4. The number of hydrogen-bond acceptors (Lipinski definition) is 3. The van der Waals surface area contributed by atoms with Crippen LogP contribution < -0.4 is 10.5 Å². The number of nitrogens with zero attached hydrogens (tertiary/aromatic N) is 1. The molecule has 8 heteroatoms. The summed E-state index contributed by atoms with van der Waals surface area (Å²) >= 11 is 0. The standard InChI is InChI=1S/C10H10F4N2O2/c11-9(12)10(13,14)5-18-7-4-2-1-3-6(7)8(15)16-17/h1-4,9,17H,5H2,(H2,15,16). The van der Waals surface area contributed by atoms with Gasteiger partial charge in [-0.05, 0) is 12.1 Å². The first-order valence-corrected chi connectivity index (χ1v) is 4.74. The summed E-state index contributed by atoms with van der Waals surface area (Å²) < 4.78 is 53.8. The largest absolute Gasteiger partial charge is 0.486 e. The SMILES string of the molecule is N/C(=N\O)c1ccccc1OCC(F)(F)C(F)F. The van der Waals surface area contributed by atoms with Gasteiger partial charge in [-0.3, -0.25) is 0 Å². The van der Waals surface area contributed by atoms with Crippen LogP contribution in [0.1, 0.15) is 5.56 Å². The minimum atomic E-state index is -4.27. The smallest absolute Gasteiger partial charge is 0.340 e. The monoisotopic (exact) mass is 266 g/mol. The number of rotatable bonds is 5. The van der Waals surface area contributed by atoms with Gasteiger partial charge in [0.2, 0.25) is 0 Å². The highest BCUT2D eigenvalue weighted by molar-refractivity contribution is 5.99. The van der Waals surface area contributed by atoms with Crippen LogP contribution in [0.2, 0.25) is 0 Å². The number of para-hydroxylation sites is 1. The van der Waals surface area contributed by atoms with Gasteiger partial charge in [-0.1, -0.05) is 17.3 Å². The minimum Gasteiger partial charge on any atom is -0.486 e. The molecule has 0 aliphatic rings. The summed E-state index contributed by atoms with van der Waals surface area (Å²) in [5.41, 5.74) is 5.31. The second kappa shape index (κ2) is 5.56. The van der Waals surface area contributed by atoms with E-state index in [0.29, 0.717) is 0 Å². The Hall–Kier alpha value is -1.99. The Balaban J connectivity index is 2.86. The van der Waals surface area contributed by atoms with Crippen molar-refractivity contribution in [1.29, 1.82) is 0 Å². The van der Waals surface area contributed by atoms with Gasteiger partial charge in [0.15, 0.2) is 12.4 Å². The Labute approximate surface area is 99.7 Å². The van der Waals surface area contributed by atoms with Crippen molar-refractivity contribution in [1.82, 2.24) is 0 Å². The van der Waals surface area contributed by atoms with E-state index < -0.39 is 19.0 Å². The number of hydrogen-bond donors (Lipinski definition) is 2. The number of amidine groups is 1. The summed E-state index contributed by atoms with van der Waals surface area (Å²) in [6.07, 6.45) is -3.83. The van der Waals surface area contributed by atoms with Crippen molar-refractivity contribution in [2.75, 3.05) is 6.61 Å². The molecule has 0 radical (unpaired) electrons. The normalized spacial score (nSPS) is 12.8. The molecule has 0 fully saturated rings. The summed E-state index contributed by atoms with van der Waals surface area (Å²) in [5, 5.41) is 11.1. The fourth-order valence-corrected chi connectivity index (χ4v) is 1.09. The fourth-order valence-electron chi connectivity index (χ4n) is 1.09. The Morgan fingerprint density at radius 3 is 2.56 bits per heavy atom. The van der Waals surface area contributed by atoms with Gasteiger partial charge in [-0.2, -0.15) is 8.78 Å². The molecule has 0 aliphatic carbocycles. The maximum atomic E-state index is 12.7. The number of alkyl halides is 4. The van der Waals surface area contributed by atoms with E-state index in [2.05, 4.69) is 9.89 Å². The Bertz CT molecular complexity index is 438. The lowest BCUT2D eigenvalue weighted by atomic mass is 10.2. The molecule has 0 heterocycles. The maximum Gasteiger partial charge on any atom is 0.340 e. The number of oxime groups is 1. The first kappa shape index (κ1) is 14.1. The first-order valence-electron chi connectivity index (χ1n) is 4.74. The molecule has 0 unspecified atom stereocenters. The maximum absolute atomic E-state index is 12.7. The Morgan fingerprint density at radius 2 is 2.00 bits per heavy atom. The highest BCUT2D eigenvalue weighted by Gasteiger charge is 2.41. The van der Waals surface area contributed by atoms with Crippen LogP contribution in [0.15, 0.2) is 29.4 Å². The van der Waals surface area contributed by atoms with Crippen LogP contribution in [0.25, 0.3) is 0 Å². The summed E-state index contributed by atoms with van der Waals surface area (Å²) in [6.45, 7) is -1.50. The zero-order valence-electron chi connectivity index (χ0n) is 8.99. The summed E-state index contributed by atoms with van der Waals surface area (Å²) in [4.78, 5) is 0. The van der Waals surface area contributed by atoms with E-state index in [1.807, 2.05) is 0 Å². The molecule has 1 aromatic carbocycles. The van der Waals surface area contributed by atoms with Crippen molar-refractivity contribution >= 4 is 5.84 Å². The lowest BCUT2D eigenvalue weighted by Gasteiger charge is -2.17. The second-order valence-corrected chi connectivity index (χ2v) is 3.33. The molecular weight excluding hydrogens is 256 g/mol. The molecule has 100 valence electrons. The van der Waals surface area contributed by atoms with Crippen molar-refractivity contribution in [3.63, 3.8) is 0 Å². The number of benzene rings is 1. The van der Waals surface area contributed by atoms with Gasteiger partial charge in [0.05, 0.1) is 5.56 Å². The third kappa shape index (κ3) is 3.25. The van der Waals surface area contributed by atoms with Crippen LogP contribution in [-0.2, 0) is 0 Å². The van der Waals surface area contributed by atoms with Crippen LogP contribution >= 0.6 is 0 Å². The number of nitrogens with two attached hydrogens (primary N) is 1. The molecular formula is C10H10F4N2O2. The van der Waals surface area contributed by atoms with Crippen LogP contribution in [0.4, 0.5) is 17.6 Å². The highest BCUT2D eigenvalue weighted by atomic mass is 19.3. The lowest BCUT2D eigenvalue weighted by Crippen LogP contribution is -2.34. The Kier molecular flexibility index (Phi) is 4.35. The molecule has 0 amide bonds. The quantitative estimate of drug-likeness (QED) is 0.282. The van der Waals surface area contributed by atoms with Crippen molar-refractivity contribution in [3.8, 4) is 5.75 Å². The molecule has 18 heavy (non-hydrogen) atoms. The van der Waals surface area contributed by atoms with Crippen molar-refractivity contribution < 1.29 is 27.5 Å². The van der Waals surface area contributed by atoms with E-state index in [0.717, 1.165) is 0 Å². The van der Waals surface area contributed by atoms with Crippen LogP contribution in [0, 0.1) is 0 Å². The molecule has 0 atom stereocenters. The van der Waals surface area contributed by atoms with E-state index in [-0.39, 0.29) is 17.1 Å². The van der Waals surface area contributed by atoms with Gasteiger partial charge >= 0.3 is 12.3 Å². The van der Waals surface area contributed by atoms with Crippen molar-refractivity contribution in [2.45, 2.75) is 12.3 Å². The van der Waals surface area contributed by atoms with E-state index in [1.165, 1.54) is 24.3 Å². The van der Waals surface area contributed by atoms with Gasteiger partial charge in [0.1, 0.15) is 5.75 Å². The minimum absolute atomic E-state index is 0.0325. The molecule has 0 bridgehead atoms. The predicted molar refractivity (Wildman–Crippen MR) is 55.4 cm³/mol. The molecule has 0 spiro atoms. The van der Waals surface area contributed by atoms with Crippen molar-refractivity contribution in [2.24, 2.45) is 10.9 Å². The fraction of sp³-hybridized carbons (Fsp3) is 0.300. The molecule has 0 aliphatic heterocycles. The second-order valence-electron chi connectivity index (χ2n) is 3.33. The van der Waals surface area contributed by atoms with Gasteiger partial charge in [0.25, 0.3) is 0 Å². The molecule has 1 rings (SSSR count). The zero-order chi connectivity index (χ0) is 13.8. The van der Waals surface area contributed by atoms with Crippen molar-refractivity contribution in [3.05, 3.63) is 29.8 Å². The first-order chi connectivity index (χ1) is 8.38. The molecule has 0 saturated carbocycles. The topological polar surface area (TPSA) is 67.8 Å². The van der Waals surface area contributed by atoms with Crippen LogP contribution in [-0.4, -0.2) is 30.0 Å². The van der Waals surface area contributed by atoms with Crippen LogP contribution in [0.5, 0.6) is 5.75 Å². The third-order valence-electron chi connectivity index (χ3n) is 2.01. The van der Waals surface area contributed by atoms with E-state index >= 15 is 0 Å². The highest BCUT2D eigenvalue weighted by Crippen LogP contribution is 2.25. The Morgan fingerprint density at radius 1 is 1.39 bits per heavy atom. The zero-order valence-corrected chi connectivity index (χ0v) is 8.99. The molecule has 0 saturated heterocycles. The predicted octanol–water partition coefficient (Wildman–Crippen LogP) is 2.06. The van der Waals surface area contributed by atoms with E-state index in [9.17, 15) is 17.6 Å². The molecule has 3 N–H and O–H groups in total. The summed E-state index contributed by atoms with van der Waals surface area (Å²) in [5.74, 6) is -4.81. The summed E-state index contributed by atoms with van der Waals surface area (Å²) in [6, 6.07) is 5.51. The molecule has 4 nitrogen and oxygen atoms in total. The summed E-state index contributed by atoms with van der Waals surface area (Å²) in [7, 11) is 0. The van der Waals surface area contributed by atoms with Gasteiger partial charge < -0.3 is 15.7 Å². The average Bonchev–Trinajstić information content (AvgIpc) is 2.35. The van der Waals surface area contributed by atoms with Gasteiger partial charge in [-0.15, -0.1) is 0 Å². The van der Waals surface area contributed by atoms with Gasteiger partial charge in [0, 0.05) is 0 Å². The third-order valence-corrected chi connectivity index (χ3v) is 2.01. The number of ether oxygens (including phenoxy) is 1. The molecule has 0 aromatic heterocycles. The average molecular weight is 266 g/mol. The van der Waals surface area contributed by atoms with Crippen LogP contribution in [0.3, 0.4) is 0 Å². The van der Waals surface area contributed by atoms with E-state index in [4.69, 9.17) is 10.9 Å². The molecule has 1 aromatic rings. The van der Waals surface area contributed by atoms with Gasteiger partial charge in [-0.25, -0.2) is 8.78 Å². The lowest BCUT2D eigenvalue weighted by molar-refractivity contribution is -0.148. The van der Waals surface area contributed by atoms with E-state index in [1.54, 1.807) is 0 Å².